The number of rotatable bonds is 7. The minimum Gasteiger partial charge on any atom is -0.228 e. The van der Waals surface area contributed by atoms with Crippen LogP contribution in [0.1, 0.15) is 25.0 Å². The molecule has 18 aromatic rings. The topological polar surface area (TPSA) is 51.6 Å². The number of hydrogen-bond donors (Lipinski definition) is 0. The van der Waals surface area contributed by atoms with Gasteiger partial charge < -0.3 is 0 Å². The normalized spacial score (nSPS) is 12.8. The molecule has 424 valence electrons. The number of hydrogen-bond acceptors (Lipinski definition) is 6. The summed E-state index contributed by atoms with van der Waals surface area (Å²) in [5.41, 5.74) is 19.9. The van der Waals surface area contributed by atoms with Crippen LogP contribution in [0, 0.1) is 0 Å². The molecule has 0 N–H and O–H groups in total. The highest BCUT2D eigenvalue weighted by atomic mass is 32.1. The number of para-hydroxylation sites is 1. The molecule has 1 aliphatic rings. The van der Waals surface area contributed by atoms with E-state index in [1.54, 1.807) is 0 Å². The van der Waals surface area contributed by atoms with Crippen molar-refractivity contribution in [2.24, 2.45) is 0 Å². The zero-order valence-electron chi connectivity index (χ0n) is 49.7. The molecule has 4 aromatic heterocycles. The van der Waals surface area contributed by atoms with Crippen molar-refractivity contribution in [2.45, 2.75) is 19.3 Å². The van der Waals surface area contributed by atoms with Crippen molar-refractivity contribution in [3.63, 3.8) is 0 Å². The minimum absolute atomic E-state index is 0.126. The molecule has 91 heavy (non-hydrogen) atoms. The molecule has 14 aromatic carbocycles. The molecule has 0 unspecified atom stereocenters. The van der Waals surface area contributed by atoms with E-state index in [4.69, 9.17) is 19.9 Å². The van der Waals surface area contributed by atoms with E-state index in [2.05, 4.69) is 293 Å². The second-order valence-electron chi connectivity index (χ2n) is 24.8. The fraction of sp³-hybridized carbons (Fsp3) is 0.0353. The number of fused-ring (bicyclic) bond motifs is 17. The van der Waals surface area contributed by atoms with Crippen LogP contribution >= 0.6 is 22.7 Å². The summed E-state index contributed by atoms with van der Waals surface area (Å²) in [6, 6.07) is 102. The van der Waals surface area contributed by atoms with E-state index in [1.807, 2.05) is 22.7 Å². The lowest BCUT2D eigenvalue weighted by Crippen LogP contribution is -2.14. The quantitative estimate of drug-likeness (QED) is 0.149. The van der Waals surface area contributed by atoms with E-state index in [0.29, 0.717) is 11.6 Å². The predicted molar refractivity (Wildman–Crippen MR) is 387 cm³/mol. The molecule has 0 saturated carbocycles. The molecule has 0 amide bonds. The predicted octanol–water partition coefficient (Wildman–Crippen LogP) is 23.7. The Morgan fingerprint density at radius 1 is 0.275 bits per heavy atom. The molecule has 6 heteroatoms. The summed E-state index contributed by atoms with van der Waals surface area (Å²) in [7, 11) is 0. The maximum absolute atomic E-state index is 5.53. The molecule has 0 spiro atoms. The van der Waals surface area contributed by atoms with Gasteiger partial charge in [-0.25, -0.2) is 19.9 Å². The van der Waals surface area contributed by atoms with Crippen molar-refractivity contribution in [1.82, 2.24) is 19.9 Å². The largest absolute Gasteiger partial charge is 0.228 e. The van der Waals surface area contributed by atoms with E-state index in [1.165, 1.54) is 89.7 Å². The SMILES string of the molecule is CC1(C)c2ccccc2-c2ccc(-c3nc(-c4cccc(-c5ccc6cc(-c7ccc8c(ccc9c(-c%10ccccc%10)nc(-c%10cccc(-c%11ccc%12ccc%13c%14ccccc%14sc%13c%12c%11)c%10)nc98)c7)c7c8ccccc8sc7c6c5)c4)nc4ccccc34)cc21. The summed E-state index contributed by atoms with van der Waals surface area (Å²) in [5.74, 6) is 1.41. The Bertz CT molecular complexity index is 6130. The summed E-state index contributed by atoms with van der Waals surface area (Å²) >= 11 is 3.75. The van der Waals surface area contributed by atoms with Crippen LogP contribution in [0.4, 0.5) is 0 Å². The molecule has 0 saturated heterocycles. The minimum atomic E-state index is -0.126. The zero-order valence-corrected chi connectivity index (χ0v) is 51.3. The summed E-state index contributed by atoms with van der Waals surface area (Å²) < 4.78 is 5.18. The fourth-order valence-electron chi connectivity index (χ4n) is 14.7. The van der Waals surface area contributed by atoms with E-state index >= 15 is 0 Å². The molecule has 4 heterocycles. The van der Waals surface area contributed by atoms with Crippen LogP contribution in [0.5, 0.6) is 0 Å². The first-order valence-electron chi connectivity index (χ1n) is 31.1. The molecule has 0 radical (unpaired) electrons. The highest BCUT2D eigenvalue weighted by Gasteiger charge is 2.35. The second kappa shape index (κ2) is 20.0. The van der Waals surface area contributed by atoms with Crippen LogP contribution < -0.4 is 0 Å². The Hall–Kier alpha value is -11.0. The Balaban J connectivity index is 0.705. The summed E-state index contributed by atoms with van der Waals surface area (Å²) in [4.78, 5) is 21.6. The van der Waals surface area contributed by atoms with Crippen LogP contribution in [0.15, 0.2) is 279 Å². The molecule has 0 atom stereocenters. The standard InChI is InChI=1S/C85H52N4S2/c1-85(2)72-26-10-6-22-62(72)63-39-37-58(48-73(63)85)79-66-24-7-11-27-74(66)86-83(88-79)59-20-14-18-51(42-59)54-32-33-57-47-69(77-67-25-9-13-29-76(67)91-82(77)71(57)46-54)56-35-38-61-55(44-56)36-41-68-78(50-16-4-3-5-17-50)87-84(89-80(61)68)60-21-15-19-52(43-60)53-31-30-49-34-40-65-64-23-8-12-28-75(64)90-81(65)70(49)45-53/h3-48H,1-2H3. The van der Waals surface area contributed by atoms with Crippen molar-refractivity contribution in [3.8, 4) is 89.8 Å². The van der Waals surface area contributed by atoms with Gasteiger partial charge in [0.05, 0.1) is 22.4 Å². The Morgan fingerprint density at radius 3 is 1.62 bits per heavy atom. The van der Waals surface area contributed by atoms with Gasteiger partial charge in [0.2, 0.25) is 0 Å². The lowest BCUT2D eigenvalue weighted by molar-refractivity contribution is 0.660. The van der Waals surface area contributed by atoms with Crippen LogP contribution in [-0.2, 0) is 5.41 Å². The lowest BCUT2D eigenvalue weighted by atomic mass is 9.82. The maximum atomic E-state index is 5.53. The molecular formula is C85H52N4S2. The average Bonchev–Trinajstić information content (AvgIpc) is 1.74. The number of thiophene rings is 2. The highest BCUT2D eigenvalue weighted by molar-refractivity contribution is 7.27. The zero-order chi connectivity index (χ0) is 60.1. The molecule has 1 aliphatic carbocycles. The van der Waals surface area contributed by atoms with Crippen molar-refractivity contribution in [1.29, 1.82) is 0 Å². The Kier molecular flexibility index (Phi) is 11.4. The average molecular weight is 1190 g/mol. The van der Waals surface area contributed by atoms with Crippen LogP contribution in [0.25, 0.3) is 184 Å². The van der Waals surface area contributed by atoms with Crippen molar-refractivity contribution in [2.75, 3.05) is 0 Å². The van der Waals surface area contributed by atoms with Gasteiger partial charge in [0, 0.05) is 94.9 Å². The lowest BCUT2D eigenvalue weighted by Gasteiger charge is -2.22. The molecule has 0 fully saturated rings. The van der Waals surface area contributed by atoms with Gasteiger partial charge in [-0.1, -0.05) is 226 Å². The number of nitrogens with zero attached hydrogens (tertiary/aromatic N) is 4. The molecule has 0 aliphatic heterocycles. The van der Waals surface area contributed by atoms with Gasteiger partial charge in [0.25, 0.3) is 0 Å². The fourth-order valence-corrected chi connectivity index (χ4v) is 17.2. The van der Waals surface area contributed by atoms with Gasteiger partial charge in [0.1, 0.15) is 0 Å². The Morgan fingerprint density at radius 2 is 0.813 bits per heavy atom. The first-order valence-corrected chi connectivity index (χ1v) is 32.7. The second-order valence-corrected chi connectivity index (χ2v) is 26.9. The van der Waals surface area contributed by atoms with E-state index in [-0.39, 0.29) is 5.41 Å². The van der Waals surface area contributed by atoms with E-state index in [9.17, 15) is 0 Å². The molecule has 19 rings (SSSR count). The number of aromatic nitrogens is 4. The van der Waals surface area contributed by atoms with Crippen LogP contribution in [-0.4, -0.2) is 19.9 Å². The molecule has 0 bridgehead atoms. The van der Waals surface area contributed by atoms with Crippen LogP contribution in [0.2, 0.25) is 0 Å². The van der Waals surface area contributed by atoms with Gasteiger partial charge in [0.15, 0.2) is 11.6 Å². The first kappa shape index (κ1) is 52.0. The molecular weight excluding hydrogens is 1140 g/mol. The summed E-state index contributed by atoms with van der Waals surface area (Å²) in [5, 5.41) is 14.4. The summed E-state index contributed by atoms with van der Waals surface area (Å²) in [6.07, 6.45) is 0. The van der Waals surface area contributed by atoms with Crippen LogP contribution in [0.3, 0.4) is 0 Å². The smallest absolute Gasteiger partial charge is 0.160 e. The van der Waals surface area contributed by atoms with Gasteiger partial charge in [-0.2, -0.15) is 0 Å². The van der Waals surface area contributed by atoms with Crippen molar-refractivity contribution in [3.05, 3.63) is 290 Å². The third-order valence-corrected chi connectivity index (χ3v) is 21.7. The summed E-state index contributed by atoms with van der Waals surface area (Å²) in [6.45, 7) is 4.67. The third-order valence-electron chi connectivity index (χ3n) is 19.2. The van der Waals surface area contributed by atoms with E-state index < -0.39 is 0 Å². The Labute approximate surface area is 532 Å². The van der Waals surface area contributed by atoms with Crippen molar-refractivity contribution >= 4 is 117 Å². The number of benzene rings is 14. The van der Waals surface area contributed by atoms with E-state index in [0.717, 1.165) is 94.0 Å². The first-order chi connectivity index (χ1) is 44.8. The van der Waals surface area contributed by atoms with Crippen molar-refractivity contribution < 1.29 is 0 Å². The maximum Gasteiger partial charge on any atom is 0.160 e. The van der Waals surface area contributed by atoms with Gasteiger partial charge in [-0.05, 0) is 139 Å². The van der Waals surface area contributed by atoms with Gasteiger partial charge in [-0.3, -0.25) is 0 Å². The highest BCUT2D eigenvalue weighted by Crippen LogP contribution is 2.51. The molecule has 4 nitrogen and oxygen atoms in total. The third kappa shape index (κ3) is 8.20. The van der Waals surface area contributed by atoms with Gasteiger partial charge in [-0.15, -0.1) is 22.7 Å². The monoisotopic (exact) mass is 1190 g/mol. The van der Waals surface area contributed by atoms with Gasteiger partial charge >= 0.3 is 0 Å².